The van der Waals surface area contributed by atoms with Crippen LogP contribution in [0.15, 0.2) is 18.2 Å². The Hall–Kier alpha value is -1.48. The zero-order valence-electron chi connectivity index (χ0n) is 11.3. The molecule has 1 heterocycles. The van der Waals surface area contributed by atoms with Crippen LogP contribution in [0.5, 0.6) is 5.75 Å². The minimum Gasteiger partial charge on any atom is -0.497 e. The van der Waals surface area contributed by atoms with Crippen molar-refractivity contribution in [2.45, 2.75) is 25.3 Å². The van der Waals surface area contributed by atoms with Gasteiger partial charge in [0.15, 0.2) is 0 Å². The molecule has 96 valence electrons. The molecule has 3 rings (SSSR count). The summed E-state index contributed by atoms with van der Waals surface area (Å²) in [4.78, 5) is 0. The van der Waals surface area contributed by atoms with Gasteiger partial charge in [-0.1, -0.05) is 0 Å². The number of aryl methyl sites for hydroxylation is 2. The molecular formula is C15H20N2O. The lowest BCUT2D eigenvalue weighted by molar-refractivity contribution is 0.415. The maximum absolute atomic E-state index is 5.33. The second kappa shape index (κ2) is 4.32. The Balaban J connectivity index is 2.27. The van der Waals surface area contributed by atoms with Crippen LogP contribution in [0.1, 0.15) is 30.1 Å². The summed E-state index contributed by atoms with van der Waals surface area (Å²) in [5.74, 6) is 0.932. The highest BCUT2D eigenvalue weighted by molar-refractivity contribution is 5.87. The lowest BCUT2D eigenvalue weighted by Crippen LogP contribution is -2.23. The summed E-state index contributed by atoms with van der Waals surface area (Å²) in [5, 5.41) is 4.82. The third-order valence-corrected chi connectivity index (χ3v) is 4.16. The second-order valence-electron chi connectivity index (χ2n) is 5.04. The highest BCUT2D eigenvalue weighted by Gasteiger charge is 2.25. The van der Waals surface area contributed by atoms with Crippen molar-refractivity contribution < 1.29 is 4.74 Å². The molecule has 1 aliphatic rings. The third kappa shape index (κ3) is 1.54. The van der Waals surface area contributed by atoms with Gasteiger partial charge in [0.2, 0.25) is 0 Å². The number of aromatic nitrogens is 1. The van der Waals surface area contributed by atoms with Gasteiger partial charge in [-0.2, -0.15) is 0 Å². The number of hydrogen-bond acceptors (Lipinski definition) is 2. The summed E-state index contributed by atoms with van der Waals surface area (Å²) in [6.07, 6.45) is 3.69. The van der Waals surface area contributed by atoms with Gasteiger partial charge >= 0.3 is 0 Å². The molecule has 0 saturated heterocycles. The van der Waals surface area contributed by atoms with Crippen LogP contribution < -0.4 is 10.1 Å². The fourth-order valence-electron chi connectivity index (χ4n) is 3.25. The maximum atomic E-state index is 5.33. The molecule has 2 aromatic rings. The van der Waals surface area contributed by atoms with Gasteiger partial charge in [-0.25, -0.2) is 0 Å². The SMILES string of the molecule is CNC1CCCc2c1n(C)c1cc(OC)ccc21. The van der Waals surface area contributed by atoms with Crippen molar-refractivity contribution >= 4 is 10.9 Å². The number of fused-ring (bicyclic) bond motifs is 3. The Labute approximate surface area is 108 Å². The van der Waals surface area contributed by atoms with Crippen molar-refractivity contribution in [2.75, 3.05) is 14.2 Å². The second-order valence-corrected chi connectivity index (χ2v) is 5.04. The highest BCUT2D eigenvalue weighted by Crippen LogP contribution is 2.37. The van der Waals surface area contributed by atoms with Gasteiger partial charge in [0.05, 0.1) is 12.6 Å². The summed E-state index contributed by atoms with van der Waals surface area (Å²) < 4.78 is 7.66. The van der Waals surface area contributed by atoms with Gasteiger partial charge in [-0.15, -0.1) is 0 Å². The Bertz CT molecular complexity index is 586. The Kier molecular flexibility index (Phi) is 2.78. The predicted octanol–water partition coefficient (Wildman–Crippen LogP) is 2.78. The van der Waals surface area contributed by atoms with Crippen molar-refractivity contribution in [3.05, 3.63) is 29.5 Å². The van der Waals surface area contributed by atoms with Crippen molar-refractivity contribution in [2.24, 2.45) is 7.05 Å². The number of nitrogens with zero attached hydrogens (tertiary/aromatic N) is 1. The van der Waals surface area contributed by atoms with Crippen LogP contribution in [0.25, 0.3) is 10.9 Å². The average Bonchev–Trinajstić information content (AvgIpc) is 2.72. The minimum absolute atomic E-state index is 0.483. The fraction of sp³-hybridized carbons (Fsp3) is 0.467. The van der Waals surface area contributed by atoms with Gasteiger partial charge in [0.1, 0.15) is 5.75 Å². The molecule has 1 N–H and O–H groups in total. The van der Waals surface area contributed by atoms with Gasteiger partial charge in [0, 0.05) is 30.2 Å². The summed E-state index contributed by atoms with van der Waals surface area (Å²) in [6.45, 7) is 0. The first-order valence-corrected chi connectivity index (χ1v) is 6.58. The van der Waals surface area contributed by atoms with Crippen LogP contribution in [-0.2, 0) is 13.5 Å². The van der Waals surface area contributed by atoms with E-state index in [0.29, 0.717) is 6.04 Å². The molecular weight excluding hydrogens is 224 g/mol. The van der Waals surface area contributed by atoms with Gasteiger partial charge in [0.25, 0.3) is 0 Å². The molecule has 0 radical (unpaired) electrons. The van der Waals surface area contributed by atoms with Crippen LogP contribution in [0.3, 0.4) is 0 Å². The molecule has 0 aliphatic heterocycles. The van der Waals surface area contributed by atoms with E-state index >= 15 is 0 Å². The smallest absolute Gasteiger partial charge is 0.120 e. The summed E-state index contributed by atoms with van der Waals surface area (Å²) in [7, 11) is 5.94. The molecule has 3 heteroatoms. The Morgan fingerprint density at radius 1 is 1.39 bits per heavy atom. The molecule has 1 aliphatic carbocycles. The standard InChI is InChI=1S/C15H20N2O/c1-16-13-6-4-5-12-11-8-7-10(18-3)9-14(11)17(2)15(12)13/h7-9,13,16H,4-6H2,1-3H3. The van der Waals surface area contributed by atoms with Crippen molar-refractivity contribution in [1.82, 2.24) is 9.88 Å². The van der Waals surface area contributed by atoms with Crippen LogP contribution in [-0.4, -0.2) is 18.7 Å². The molecule has 1 aromatic carbocycles. The van der Waals surface area contributed by atoms with Crippen LogP contribution in [0, 0.1) is 0 Å². The van der Waals surface area contributed by atoms with E-state index in [0.717, 1.165) is 5.75 Å². The van der Waals surface area contributed by atoms with E-state index in [2.05, 4.69) is 42.2 Å². The number of methoxy groups -OCH3 is 1. The first kappa shape index (κ1) is 11.6. The van der Waals surface area contributed by atoms with Crippen LogP contribution in [0.2, 0.25) is 0 Å². The maximum Gasteiger partial charge on any atom is 0.120 e. The van der Waals surface area contributed by atoms with Gasteiger partial charge in [-0.05, 0) is 44.0 Å². The number of nitrogens with one attached hydrogen (secondary N) is 1. The number of hydrogen-bond donors (Lipinski definition) is 1. The van der Waals surface area contributed by atoms with E-state index in [-0.39, 0.29) is 0 Å². The third-order valence-electron chi connectivity index (χ3n) is 4.16. The first-order chi connectivity index (χ1) is 8.76. The monoisotopic (exact) mass is 244 g/mol. The molecule has 1 atom stereocenters. The van der Waals surface area contributed by atoms with Crippen molar-refractivity contribution in [3.63, 3.8) is 0 Å². The zero-order chi connectivity index (χ0) is 12.7. The molecule has 0 fully saturated rings. The molecule has 1 unspecified atom stereocenters. The van der Waals surface area contributed by atoms with E-state index in [9.17, 15) is 0 Å². The lowest BCUT2D eigenvalue weighted by Gasteiger charge is -2.24. The lowest BCUT2D eigenvalue weighted by atomic mass is 9.92. The summed E-state index contributed by atoms with van der Waals surface area (Å²) in [5.41, 5.74) is 4.24. The van der Waals surface area contributed by atoms with Crippen LogP contribution in [0.4, 0.5) is 0 Å². The molecule has 18 heavy (non-hydrogen) atoms. The van der Waals surface area contributed by atoms with Crippen molar-refractivity contribution in [1.29, 1.82) is 0 Å². The van der Waals surface area contributed by atoms with E-state index < -0.39 is 0 Å². The van der Waals surface area contributed by atoms with Gasteiger partial charge in [-0.3, -0.25) is 0 Å². The Morgan fingerprint density at radius 2 is 2.22 bits per heavy atom. The fourth-order valence-corrected chi connectivity index (χ4v) is 3.25. The first-order valence-electron chi connectivity index (χ1n) is 6.58. The molecule has 1 aromatic heterocycles. The number of benzene rings is 1. The zero-order valence-corrected chi connectivity index (χ0v) is 11.3. The van der Waals surface area contributed by atoms with Gasteiger partial charge < -0.3 is 14.6 Å². The van der Waals surface area contributed by atoms with E-state index in [4.69, 9.17) is 4.74 Å². The largest absolute Gasteiger partial charge is 0.497 e. The summed E-state index contributed by atoms with van der Waals surface area (Å²) in [6, 6.07) is 6.88. The quantitative estimate of drug-likeness (QED) is 0.879. The summed E-state index contributed by atoms with van der Waals surface area (Å²) >= 11 is 0. The minimum atomic E-state index is 0.483. The number of rotatable bonds is 2. The highest BCUT2D eigenvalue weighted by atomic mass is 16.5. The topological polar surface area (TPSA) is 26.2 Å². The van der Waals surface area contributed by atoms with Crippen molar-refractivity contribution in [3.8, 4) is 5.75 Å². The predicted molar refractivity (Wildman–Crippen MR) is 74.2 cm³/mol. The van der Waals surface area contributed by atoms with Crippen LogP contribution >= 0.6 is 0 Å². The average molecular weight is 244 g/mol. The molecule has 0 spiro atoms. The molecule has 3 nitrogen and oxygen atoms in total. The molecule has 0 saturated carbocycles. The molecule has 0 bridgehead atoms. The van der Waals surface area contributed by atoms with E-state index in [1.165, 1.54) is 41.4 Å². The molecule has 0 amide bonds. The number of ether oxygens (including phenoxy) is 1. The van der Waals surface area contributed by atoms with E-state index in [1.54, 1.807) is 7.11 Å². The Morgan fingerprint density at radius 3 is 2.94 bits per heavy atom. The van der Waals surface area contributed by atoms with E-state index in [1.807, 2.05) is 0 Å². The normalized spacial score (nSPS) is 18.9.